The van der Waals surface area contributed by atoms with Crippen LogP contribution < -0.4 is 9.58 Å². The highest BCUT2D eigenvalue weighted by molar-refractivity contribution is 6.28. The lowest BCUT2D eigenvalue weighted by Gasteiger charge is -2.07. The van der Waals surface area contributed by atoms with E-state index in [2.05, 4.69) is 5.10 Å². The van der Waals surface area contributed by atoms with Gasteiger partial charge in [-0.25, -0.2) is 0 Å². The minimum absolute atomic E-state index is 0.00871. The number of aryl methyl sites for hydroxylation is 1. The Morgan fingerprint density at radius 2 is 2.11 bits per heavy atom. The molecule has 0 fully saturated rings. The van der Waals surface area contributed by atoms with Gasteiger partial charge < -0.3 is 14.4 Å². The Balaban J connectivity index is 2.07. The molecule has 0 amide bonds. The van der Waals surface area contributed by atoms with Crippen molar-refractivity contribution >= 4 is 22.6 Å². The summed E-state index contributed by atoms with van der Waals surface area (Å²) in [5.41, 5.74) is 1.63. The Hall–Kier alpha value is -2.27. The van der Waals surface area contributed by atoms with Crippen molar-refractivity contribution in [2.75, 3.05) is 0 Å². The van der Waals surface area contributed by atoms with Gasteiger partial charge in [-0.3, -0.25) is 0 Å². The van der Waals surface area contributed by atoms with Crippen LogP contribution in [0.5, 0.6) is 11.6 Å². The van der Waals surface area contributed by atoms with Crippen molar-refractivity contribution in [3.63, 3.8) is 0 Å². The predicted octanol–water partition coefficient (Wildman–Crippen LogP) is 3.22. The van der Waals surface area contributed by atoms with Crippen LogP contribution in [0.25, 0.3) is 11.0 Å². The van der Waals surface area contributed by atoms with Gasteiger partial charge in [0, 0.05) is 12.1 Å². The van der Waals surface area contributed by atoms with Crippen LogP contribution >= 0.6 is 11.6 Å². The summed E-state index contributed by atoms with van der Waals surface area (Å²) in [5.74, 6) is 0.789. The molecule has 96 valence electrons. The highest BCUT2D eigenvalue weighted by Crippen LogP contribution is 2.33. The largest absolute Gasteiger partial charge is 0.593 e. The molecule has 0 aliphatic carbocycles. The van der Waals surface area contributed by atoms with Gasteiger partial charge in [0.25, 0.3) is 5.88 Å². The molecule has 3 aromatic rings. The monoisotopic (exact) mass is 276 g/mol. The molecule has 0 unspecified atom stereocenters. The van der Waals surface area contributed by atoms with Crippen molar-refractivity contribution in [1.29, 1.82) is 0 Å². The number of hydrogen-bond donors (Lipinski definition) is 0. The molecule has 0 aliphatic rings. The van der Waals surface area contributed by atoms with Crippen LogP contribution in [0.4, 0.5) is 0 Å². The van der Waals surface area contributed by atoms with Crippen LogP contribution in [0.2, 0.25) is 5.15 Å². The third-order valence-electron chi connectivity index (χ3n) is 2.72. The van der Waals surface area contributed by atoms with Crippen molar-refractivity contribution in [2.24, 2.45) is 0 Å². The maximum absolute atomic E-state index is 11.3. The second kappa shape index (κ2) is 4.44. The summed E-state index contributed by atoms with van der Waals surface area (Å²) < 4.78 is 11.0. The van der Waals surface area contributed by atoms with Crippen molar-refractivity contribution in [2.45, 2.75) is 6.92 Å². The zero-order chi connectivity index (χ0) is 13.4. The third kappa shape index (κ3) is 2.08. The number of rotatable bonds is 2. The molecule has 0 aliphatic heterocycles. The van der Waals surface area contributed by atoms with Crippen LogP contribution in [-0.2, 0) is 0 Å². The average Bonchev–Trinajstić information content (AvgIpc) is 2.86. The van der Waals surface area contributed by atoms with E-state index in [1.807, 2.05) is 19.1 Å². The van der Waals surface area contributed by atoms with Gasteiger partial charge in [0.15, 0.2) is 0 Å². The quantitative estimate of drug-likeness (QED) is 0.532. The fourth-order valence-electron chi connectivity index (χ4n) is 1.80. The smallest absolute Gasteiger partial charge is 0.313 e. The minimum Gasteiger partial charge on any atom is -0.593 e. The lowest BCUT2D eigenvalue weighted by atomic mass is 10.1. The molecule has 3 rings (SSSR count). The molecule has 1 aromatic carbocycles. The number of fused-ring (bicyclic) bond motifs is 1. The van der Waals surface area contributed by atoms with Crippen LogP contribution in [-0.4, -0.2) is 5.10 Å². The number of halogens is 1. The maximum Gasteiger partial charge on any atom is 0.313 e. The molecule has 2 aromatic heterocycles. The van der Waals surface area contributed by atoms with E-state index in [1.54, 1.807) is 12.3 Å². The highest BCUT2D eigenvalue weighted by atomic mass is 35.5. The number of furan rings is 1. The Bertz CT molecular complexity index is 755. The lowest BCUT2D eigenvalue weighted by molar-refractivity contribution is -0.667. The molecule has 0 N–H and O–H groups in total. The summed E-state index contributed by atoms with van der Waals surface area (Å²) in [5, 5.41) is 15.8. The Morgan fingerprint density at radius 1 is 1.26 bits per heavy atom. The molecule has 19 heavy (non-hydrogen) atoms. The zero-order valence-electron chi connectivity index (χ0n) is 9.96. The predicted molar refractivity (Wildman–Crippen MR) is 69.2 cm³/mol. The first-order valence-electron chi connectivity index (χ1n) is 5.56. The molecule has 0 atom stereocenters. The second-order valence-corrected chi connectivity index (χ2v) is 4.40. The van der Waals surface area contributed by atoms with Gasteiger partial charge in [0.2, 0.25) is 0 Å². The summed E-state index contributed by atoms with van der Waals surface area (Å²) in [6, 6.07) is 8.51. The Morgan fingerprint density at radius 3 is 2.89 bits per heavy atom. The fraction of sp³-hybridized carbons (Fsp3) is 0.0769. The summed E-state index contributed by atoms with van der Waals surface area (Å²) in [4.78, 5) is 0.307. The van der Waals surface area contributed by atoms with Crippen molar-refractivity contribution < 1.29 is 14.0 Å². The van der Waals surface area contributed by atoms with Crippen LogP contribution in [0.15, 0.2) is 41.0 Å². The van der Waals surface area contributed by atoms with Crippen LogP contribution in [0.1, 0.15) is 5.56 Å². The van der Waals surface area contributed by atoms with Gasteiger partial charge in [0.1, 0.15) is 11.3 Å². The molecular weight excluding hydrogens is 268 g/mol. The third-order valence-corrected chi connectivity index (χ3v) is 3.00. The van der Waals surface area contributed by atoms with Crippen LogP contribution in [0.3, 0.4) is 0 Å². The average molecular weight is 277 g/mol. The van der Waals surface area contributed by atoms with Crippen molar-refractivity contribution in [3.8, 4) is 11.6 Å². The molecular formula is C13H9ClN2O3. The van der Waals surface area contributed by atoms with Gasteiger partial charge in [0.05, 0.1) is 16.7 Å². The highest BCUT2D eigenvalue weighted by Gasteiger charge is 2.13. The van der Waals surface area contributed by atoms with Gasteiger partial charge in [-0.15, -0.1) is 0 Å². The van der Waals surface area contributed by atoms with Crippen LogP contribution in [0, 0.1) is 12.1 Å². The van der Waals surface area contributed by atoms with Gasteiger partial charge in [-0.2, -0.15) is 0 Å². The van der Waals surface area contributed by atoms with Gasteiger partial charge in [-0.05, 0) is 41.1 Å². The first kappa shape index (κ1) is 11.8. The number of benzene rings is 1. The van der Waals surface area contributed by atoms with E-state index in [1.165, 1.54) is 12.1 Å². The van der Waals surface area contributed by atoms with E-state index < -0.39 is 0 Å². The van der Waals surface area contributed by atoms with Gasteiger partial charge in [-0.1, -0.05) is 6.07 Å². The summed E-state index contributed by atoms with van der Waals surface area (Å²) >= 11 is 5.61. The standard InChI is InChI=1S/C13H9ClN2O3/c1-8-2-3-10-9(6-7-18-10)13(8)19-12-5-4-11(14)16(17)15-12/h2-7H,1H3. The molecule has 6 heteroatoms. The zero-order valence-corrected chi connectivity index (χ0v) is 10.7. The van der Waals surface area contributed by atoms with E-state index in [0.717, 1.165) is 10.9 Å². The Kier molecular flexibility index (Phi) is 2.76. The van der Waals surface area contributed by atoms with E-state index in [4.69, 9.17) is 20.8 Å². The van der Waals surface area contributed by atoms with E-state index >= 15 is 0 Å². The maximum atomic E-state index is 11.3. The SMILES string of the molecule is Cc1ccc2occc2c1Oc1ccc(Cl)[n+]([O-])n1. The molecule has 5 nitrogen and oxygen atoms in total. The van der Waals surface area contributed by atoms with E-state index in [-0.39, 0.29) is 11.0 Å². The Labute approximate surface area is 113 Å². The number of aromatic nitrogens is 2. The molecule has 0 saturated carbocycles. The molecule has 0 radical (unpaired) electrons. The van der Waals surface area contributed by atoms with Crippen molar-refractivity contribution in [1.82, 2.24) is 5.10 Å². The second-order valence-electron chi connectivity index (χ2n) is 4.01. The summed E-state index contributed by atoms with van der Waals surface area (Å²) in [7, 11) is 0. The number of nitrogens with zero attached hydrogens (tertiary/aromatic N) is 2. The molecule has 0 spiro atoms. The van der Waals surface area contributed by atoms with E-state index in [0.29, 0.717) is 16.2 Å². The summed E-state index contributed by atoms with van der Waals surface area (Å²) in [6.07, 6.45) is 1.58. The molecule has 0 saturated heterocycles. The number of hydrogen-bond acceptors (Lipinski definition) is 4. The van der Waals surface area contributed by atoms with E-state index in [9.17, 15) is 5.21 Å². The fourth-order valence-corrected chi connectivity index (χ4v) is 1.90. The van der Waals surface area contributed by atoms with Crippen molar-refractivity contribution in [3.05, 3.63) is 52.5 Å². The van der Waals surface area contributed by atoms with Gasteiger partial charge >= 0.3 is 5.15 Å². The number of ether oxygens (including phenoxy) is 1. The normalized spacial score (nSPS) is 10.8. The lowest BCUT2D eigenvalue weighted by Crippen LogP contribution is -2.32. The topological polar surface area (TPSA) is 62.2 Å². The summed E-state index contributed by atoms with van der Waals surface area (Å²) in [6.45, 7) is 1.91. The molecule has 2 heterocycles. The first-order valence-corrected chi connectivity index (χ1v) is 5.94. The minimum atomic E-state index is -0.00871. The first-order chi connectivity index (χ1) is 9.15. The molecule has 0 bridgehead atoms.